The van der Waals surface area contributed by atoms with Crippen molar-refractivity contribution in [2.24, 2.45) is 5.84 Å². The van der Waals surface area contributed by atoms with Crippen LogP contribution in [-0.4, -0.2) is 11.6 Å². The Hall–Kier alpha value is -0.800. The average molecular weight is 111 g/mol. The maximum absolute atomic E-state index is 5.09. The Bertz CT molecular complexity index is 117. The highest BCUT2D eigenvalue weighted by molar-refractivity contribution is 5.07. The van der Waals surface area contributed by atoms with Crippen molar-refractivity contribution in [2.75, 3.05) is 6.54 Å². The molecule has 3 heteroatoms. The topological polar surface area (TPSA) is 41.3 Å². The summed E-state index contributed by atoms with van der Waals surface area (Å²) in [5, 5.41) is 1.78. The maximum Gasteiger partial charge on any atom is 0.0535 e. The molecule has 0 saturated carbocycles. The first kappa shape index (κ1) is 5.34. The largest absolute Gasteiger partial charge is 0.299 e. The molecule has 0 aromatic rings. The Kier molecular flexibility index (Phi) is 1.66. The summed E-state index contributed by atoms with van der Waals surface area (Å²) in [5.74, 6) is 5.09. The number of hydrogen-bond acceptors (Lipinski definition) is 3. The van der Waals surface area contributed by atoms with Crippen LogP contribution in [-0.2, 0) is 0 Å². The van der Waals surface area contributed by atoms with E-state index in [1.165, 1.54) is 0 Å². The third-order valence-electron chi connectivity index (χ3n) is 0.981. The first-order chi connectivity index (χ1) is 3.93. The molecule has 1 aliphatic rings. The third-order valence-corrected chi connectivity index (χ3v) is 0.981. The number of nitrogens with one attached hydrogen (secondary N) is 1. The van der Waals surface area contributed by atoms with Crippen molar-refractivity contribution >= 4 is 0 Å². The fraction of sp³-hybridized carbons (Fsp3) is 0.200. The van der Waals surface area contributed by atoms with Crippen LogP contribution in [0.2, 0.25) is 0 Å². The molecule has 0 aliphatic carbocycles. The lowest BCUT2D eigenvalue weighted by Crippen LogP contribution is -2.39. The van der Waals surface area contributed by atoms with Gasteiger partial charge < -0.3 is 0 Å². The summed E-state index contributed by atoms with van der Waals surface area (Å²) >= 11 is 0. The molecule has 1 aliphatic heterocycles. The average Bonchev–Trinajstić information content (AvgIpc) is 1.90. The fourth-order valence-corrected chi connectivity index (χ4v) is 0.563. The minimum Gasteiger partial charge on any atom is -0.299 e. The summed E-state index contributed by atoms with van der Waals surface area (Å²) in [5.41, 5.74) is 2.50. The van der Waals surface area contributed by atoms with Crippen molar-refractivity contribution in [1.29, 1.82) is 0 Å². The van der Waals surface area contributed by atoms with Crippen molar-refractivity contribution in [1.82, 2.24) is 10.5 Å². The molecule has 0 aromatic carbocycles. The minimum absolute atomic E-state index is 0.840. The molecule has 0 unspecified atom stereocenters. The van der Waals surface area contributed by atoms with Crippen molar-refractivity contribution < 1.29 is 0 Å². The van der Waals surface area contributed by atoms with Crippen LogP contribution in [0, 0.1) is 0 Å². The van der Waals surface area contributed by atoms with E-state index in [2.05, 4.69) is 5.53 Å². The Morgan fingerprint density at radius 2 is 2.38 bits per heavy atom. The number of hydrogen-bond donors (Lipinski definition) is 2. The lowest BCUT2D eigenvalue weighted by molar-refractivity contribution is 0.301. The SMILES string of the molecule is NNN1C=CC=CC1. The number of rotatable bonds is 1. The van der Waals surface area contributed by atoms with Gasteiger partial charge in [0.2, 0.25) is 0 Å². The van der Waals surface area contributed by atoms with E-state index in [9.17, 15) is 0 Å². The second kappa shape index (κ2) is 2.49. The van der Waals surface area contributed by atoms with E-state index in [1.54, 1.807) is 5.01 Å². The number of nitrogens with zero attached hydrogens (tertiary/aromatic N) is 1. The quantitative estimate of drug-likeness (QED) is 0.362. The molecule has 1 rings (SSSR count). The van der Waals surface area contributed by atoms with Crippen LogP contribution in [0.5, 0.6) is 0 Å². The van der Waals surface area contributed by atoms with Gasteiger partial charge in [-0.25, -0.2) is 0 Å². The molecule has 44 valence electrons. The van der Waals surface area contributed by atoms with Crippen molar-refractivity contribution in [3.63, 3.8) is 0 Å². The second-order valence-electron chi connectivity index (χ2n) is 1.55. The van der Waals surface area contributed by atoms with E-state index in [1.807, 2.05) is 24.4 Å². The zero-order valence-corrected chi connectivity index (χ0v) is 4.54. The van der Waals surface area contributed by atoms with Crippen LogP contribution < -0.4 is 11.4 Å². The van der Waals surface area contributed by atoms with E-state index >= 15 is 0 Å². The van der Waals surface area contributed by atoms with Crippen molar-refractivity contribution in [3.8, 4) is 0 Å². The minimum atomic E-state index is 0.840. The number of allylic oxidation sites excluding steroid dienone is 2. The smallest absolute Gasteiger partial charge is 0.0535 e. The van der Waals surface area contributed by atoms with Crippen LogP contribution in [0.3, 0.4) is 0 Å². The molecular weight excluding hydrogens is 102 g/mol. The molecule has 0 fully saturated rings. The van der Waals surface area contributed by atoms with Gasteiger partial charge >= 0.3 is 0 Å². The van der Waals surface area contributed by atoms with Crippen LogP contribution in [0.15, 0.2) is 24.4 Å². The third kappa shape index (κ3) is 1.08. The van der Waals surface area contributed by atoms with E-state index in [-0.39, 0.29) is 0 Å². The van der Waals surface area contributed by atoms with E-state index in [0.717, 1.165) is 6.54 Å². The Labute approximate surface area is 48.4 Å². The molecular formula is C5H9N3. The van der Waals surface area contributed by atoms with Crippen molar-refractivity contribution in [3.05, 3.63) is 24.4 Å². The van der Waals surface area contributed by atoms with Gasteiger partial charge in [0.1, 0.15) is 0 Å². The van der Waals surface area contributed by atoms with Crippen LogP contribution >= 0.6 is 0 Å². The molecule has 3 N–H and O–H groups in total. The summed E-state index contributed by atoms with van der Waals surface area (Å²) in [6, 6.07) is 0. The predicted molar refractivity (Wildman–Crippen MR) is 32.3 cm³/mol. The van der Waals surface area contributed by atoms with E-state index in [0.29, 0.717) is 0 Å². The lowest BCUT2D eigenvalue weighted by Gasteiger charge is -2.17. The highest BCUT2D eigenvalue weighted by Gasteiger charge is 1.91. The highest BCUT2D eigenvalue weighted by atomic mass is 15.6. The van der Waals surface area contributed by atoms with E-state index < -0.39 is 0 Å². The molecule has 0 amide bonds. The van der Waals surface area contributed by atoms with Gasteiger partial charge in [0.25, 0.3) is 0 Å². The standard InChI is InChI=1S/C5H9N3/c6-7-8-4-2-1-3-5-8/h1-4,7H,5-6H2. The highest BCUT2D eigenvalue weighted by Crippen LogP contribution is 1.90. The van der Waals surface area contributed by atoms with Gasteiger partial charge in [0.15, 0.2) is 0 Å². The molecule has 0 spiro atoms. The monoisotopic (exact) mass is 111 g/mol. The molecule has 8 heavy (non-hydrogen) atoms. The first-order valence-electron chi connectivity index (χ1n) is 2.49. The van der Waals surface area contributed by atoms with E-state index in [4.69, 9.17) is 5.84 Å². The summed E-state index contributed by atoms with van der Waals surface area (Å²) in [7, 11) is 0. The zero-order valence-electron chi connectivity index (χ0n) is 4.54. The van der Waals surface area contributed by atoms with Gasteiger partial charge in [-0.05, 0) is 6.08 Å². The van der Waals surface area contributed by atoms with Crippen LogP contribution in [0.25, 0.3) is 0 Å². The summed E-state index contributed by atoms with van der Waals surface area (Å²) in [4.78, 5) is 0. The van der Waals surface area contributed by atoms with Gasteiger partial charge in [-0.2, -0.15) is 5.53 Å². The molecule has 0 bridgehead atoms. The Balaban J connectivity index is 2.40. The first-order valence-corrected chi connectivity index (χ1v) is 2.49. The number of hydrazine groups is 2. The Morgan fingerprint density at radius 1 is 1.50 bits per heavy atom. The molecule has 0 saturated heterocycles. The number of nitrogens with two attached hydrogens (primary N) is 1. The van der Waals surface area contributed by atoms with Gasteiger partial charge in [0.05, 0.1) is 6.54 Å². The molecule has 0 aromatic heterocycles. The second-order valence-corrected chi connectivity index (χ2v) is 1.55. The maximum atomic E-state index is 5.09. The van der Waals surface area contributed by atoms with Gasteiger partial charge in [-0.15, -0.1) is 0 Å². The van der Waals surface area contributed by atoms with Crippen molar-refractivity contribution in [2.45, 2.75) is 0 Å². The molecule has 0 radical (unpaired) electrons. The summed E-state index contributed by atoms with van der Waals surface area (Å²) < 4.78 is 0. The summed E-state index contributed by atoms with van der Waals surface area (Å²) in [6.45, 7) is 0.840. The molecule has 3 nitrogen and oxygen atoms in total. The fourth-order valence-electron chi connectivity index (χ4n) is 0.563. The molecule has 0 atom stereocenters. The lowest BCUT2D eigenvalue weighted by atomic mass is 10.4. The van der Waals surface area contributed by atoms with Gasteiger partial charge in [-0.3, -0.25) is 10.9 Å². The zero-order chi connectivity index (χ0) is 5.82. The normalized spacial score (nSPS) is 17.4. The summed E-state index contributed by atoms with van der Waals surface area (Å²) in [6.07, 6.45) is 7.79. The predicted octanol–water partition coefficient (Wildman–Crippen LogP) is -0.250. The van der Waals surface area contributed by atoms with Gasteiger partial charge in [0, 0.05) is 6.20 Å². The van der Waals surface area contributed by atoms with Crippen LogP contribution in [0.1, 0.15) is 0 Å². The van der Waals surface area contributed by atoms with Gasteiger partial charge in [-0.1, -0.05) is 12.2 Å². The Morgan fingerprint density at radius 3 is 2.75 bits per heavy atom. The molecule has 1 heterocycles. The van der Waals surface area contributed by atoms with Crippen LogP contribution in [0.4, 0.5) is 0 Å².